The quantitative estimate of drug-likeness (QED) is 0.133. The molecular weight excluding hydrogens is 869 g/mol. The van der Waals surface area contributed by atoms with E-state index >= 15 is 0 Å². The summed E-state index contributed by atoms with van der Waals surface area (Å²) in [5.41, 5.74) is 20.9. The van der Waals surface area contributed by atoms with E-state index in [2.05, 4.69) is 301 Å². The van der Waals surface area contributed by atoms with Crippen molar-refractivity contribution in [2.75, 3.05) is 4.90 Å². The second-order valence-corrected chi connectivity index (χ2v) is 18.5. The van der Waals surface area contributed by atoms with Crippen LogP contribution in [0.1, 0.15) is 0 Å². The fourth-order valence-electron chi connectivity index (χ4n) is 10.8. The molecule has 13 rings (SSSR count). The predicted octanol–water partition coefficient (Wildman–Crippen LogP) is 19.4. The van der Waals surface area contributed by atoms with Gasteiger partial charge < -0.3 is 9.47 Å². The Morgan fingerprint density at radius 2 is 0.681 bits per heavy atom. The summed E-state index contributed by atoms with van der Waals surface area (Å²) < 4.78 is 2.38. The molecule has 338 valence electrons. The average Bonchev–Trinajstić information content (AvgIpc) is 3.79. The Morgan fingerprint density at radius 3 is 1.38 bits per heavy atom. The standard InChI is InChI=1S/C70H48N2/c1-4-21-50(22-5-1)62-34-12-13-36-66(62)70-63(51-23-6-2-7-24-51)37-19-38-64(70)57-28-18-33-61(47-57)71(59-31-16-26-53(45-59)55-41-40-49-20-10-11-25-52(49)44-55)60-32-17-27-54(46-60)56-42-43-69-67(48-56)65-35-14-15-39-68(65)72(69)58-29-8-3-9-30-58/h1-48H. The Kier molecular flexibility index (Phi) is 10.9. The van der Waals surface area contributed by atoms with Crippen LogP contribution in [0, 0.1) is 0 Å². The van der Waals surface area contributed by atoms with Gasteiger partial charge in [0, 0.05) is 33.5 Å². The van der Waals surface area contributed by atoms with Crippen molar-refractivity contribution in [3.05, 3.63) is 291 Å². The van der Waals surface area contributed by atoms with E-state index in [0.717, 1.165) is 39.4 Å². The summed E-state index contributed by atoms with van der Waals surface area (Å²) in [7, 11) is 0. The van der Waals surface area contributed by atoms with E-state index in [4.69, 9.17) is 0 Å². The van der Waals surface area contributed by atoms with Crippen molar-refractivity contribution in [3.8, 4) is 72.4 Å². The highest BCUT2D eigenvalue weighted by atomic mass is 15.1. The molecule has 0 spiro atoms. The minimum Gasteiger partial charge on any atom is -0.310 e. The molecule has 0 N–H and O–H groups in total. The first-order valence-electron chi connectivity index (χ1n) is 24.7. The molecular formula is C70H48N2. The van der Waals surface area contributed by atoms with E-state index in [0.29, 0.717) is 0 Å². The fraction of sp³-hybridized carbons (Fsp3) is 0. The van der Waals surface area contributed by atoms with Crippen LogP contribution in [0.3, 0.4) is 0 Å². The monoisotopic (exact) mass is 916 g/mol. The van der Waals surface area contributed by atoms with Crippen LogP contribution in [-0.2, 0) is 0 Å². The number of para-hydroxylation sites is 2. The molecule has 2 heteroatoms. The van der Waals surface area contributed by atoms with Crippen molar-refractivity contribution in [1.82, 2.24) is 4.57 Å². The van der Waals surface area contributed by atoms with E-state index in [1.54, 1.807) is 0 Å². The maximum absolute atomic E-state index is 2.43. The first-order valence-corrected chi connectivity index (χ1v) is 24.7. The topological polar surface area (TPSA) is 8.17 Å². The third-order valence-corrected chi connectivity index (χ3v) is 14.2. The molecule has 0 saturated heterocycles. The summed E-state index contributed by atoms with van der Waals surface area (Å²) in [4.78, 5) is 2.43. The highest BCUT2D eigenvalue weighted by Crippen LogP contribution is 2.46. The van der Waals surface area contributed by atoms with Crippen molar-refractivity contribution >= 4 is 49.6 Å². The van der Waals surface area contributed by atoms with Crippen molar-refractivity contribution in [2.24, 2.45) is 0 Å². The number of aromatic nitrogens is 1. The molecule has 12 aromatic carbocycles. The number of hydrogen-bond donors (Lipinski definition) is 0. The van der Waals surface area contributed by atoms with Gasteiger partial charge in [-0.15, -0.1) is 0 Å². The Labute approximate surface area is 420 Å². The highest BCUT2D eigenvalue weighted by Gasteiger charge is 2.21. The van der Waals surface area contributed by atoms with Gasteiger partial charge in [0.05, 0.1) is 11.0 Å². The van der Waals surface area contributed by atoms with Crippen LogP contribution in [0.15, 0.2) is 291 Å². The van der Waals surface area contributed by atoms with Gasteiger partial charge in [-0.05, 0) is 150 Å². The third-order valence-electron chi connectivity index (χ3n) is 14.2. The third kappa shape index (κ3) is 7.82. The Morgan fingerprint density at radius 1 is 0.236 bits per heavy atom. The lowest BCUT2D eigenvalue weighted by molar-refractivity contribution is 1.18. The molecule has 0 bridgehead atoms. The maximum atomic E-state index is 2.43. The summed E-state index contributed by atoms with van der Waals surface area (Å²) in [5.74, 6) is 0. The lowest BCUT2D eigenvalue weighted by atomic mass is 9.84. The zero-order chi connectivity index (χ0) is 47.8. The number of benzene rings is 12. The number of nitrogens with zero attached hydrogens (tertiary/aromatic N) is 2. The van der Waals surface area contributed by atoms with Crippen LogP contribution < -0.4 is 4.90 Å². The van der Waals surface area contributed by atoms with Crippen molar-refractivity contribution in [1.29, 1.82) is 0 Å². The van der Waals surface area contributed by atoms with Gasteiger partial charge in [0.25, 0.3) is 0 Å². The van der Waals surface area contributed by atoms with Gasteiger partial charge in [-0.2, -0.15) is 0 Å². The van der Waals surface area contributed by atoms with Gasteiger partial charge in [0.15, 0.2) is 0 Å². The van der Waals surface area contributed by atoms with Gasteiger partial charge >= 0.3 is 0 Å². The van der Waals surface area contributed by atoms with Crippen molar-refractivity contribution < 1.29 is 0 Å². The van der Waals surface area contributed by atoms with Gasteiger partial charge in [-0.1, -0.05) is 218 Å². The second-order valence-electron chi connectivity index (χ2n) is 18.5. The van der Waals surface area contributed by atoms with Crippen molar-refractivity contribution in [3.63, 3.8) is 0 Å². The van der Waals surface area contributed by atoms with Gasteiger partial charge in [-0.25, -0.2) is 0 Å². The number of hydrogen-bond acceptors (Lipinski definition) is 1. The van der Waals surface area contributed by atoms with E-state index in [1.165, 1.54) is 82.6 Å². The molecule has 0 aliphatic heterocycles. The molecule has 1 aromatic heterocycles. The maximum Gasteiger partial charge on any atom is 0.0541 e. The predicted molar refractivity (Wildman–Crippen MR) is 306 cm³/mol. The largest absolute Gasteiger partial charge is 0.310 e. The number of anilines is 3. The fourth-order valence-corrected chi connectivity index (χ4v) is 10.8. The molecule has 0 amide bonds. The lowest BCUT2D eigenvalue weighted by Gasteiger charge is -2.27. The normalized spacial score (nSPS) is 11.3. The van der Waals surface area contributed by atoms with E-state index in [9.17, 15) is 0 Å². The smallest absolute Gasteiger partial charge is 0.0541 e. The average molecular weight is 917 g/mol. The minimum atomic E-state index is 1.06. The molecule has 0 saturated carbocycles. The van der Waals surface area contributed by atoms with Crippen LogP contribution in [0.2, 0.25) is 0 Å². The summed E-state index contributed by atoms with van der Waals surface area (Å²) in [6, 6.07) is 106. The molecule has 0 atom stereocenters. The van der Waals surface area contributed by atoms with Crippen LogP contribution in [0.4, 0.5) is 17.1 Å². The molecule has 2 nitrogen and oxygen atoms in total. The zero-order valence-electron chi connectivity index (χ0n) is 39.6. The van der Waals surface area contributed by atoms with E-state index < -0.39 is 0 Å². The summed E-state index contributed by atoms with van der Waals surface area (Å²) in [5, 5.41) is 4.93. The molecule has 13 aromatic rings. The van der Waals surface area contributed by atoms with Crippen LogP contribution in [0.5, 0.6) is 0 Å². The molecule has 0 aliphatic rings. The molecule has 72 heavy (non-hydrogen) atoms. The summed E-state index contributed by atoms with van der Waals surface area (Å²) >= 11 is 0. The van der Waals surface area contributed by atoms with Crippen LogP contribution >= 0.6 is 0 Å². The van der Waals surface area contributed by atoms with Crippen LogP contribution in [0.25, 0.3) is 105 Å². The highest BCUT2D eigenvalue weighted by molar-refractivity contribution is 6.10. The summed E-state index contributed by atoms with van der Waals surface area (Å²) in [6.07, 6.45) is 0. The van der Waals surface area contributed by atoms with Gasteiger partial charge in [-0.3, -0.25) is 0 Å². The molecule has 0 unspecified atom stereocenters. The van der Waals surface area contributed by atoms with Gasteiger partial charge in [0.1, 0.15) is 0 Å². The molecule has 0 fully saturated rings. The molecule has 1 heterocycles. The second kappa shape index (κ2) is 18.4. The Hall–Kier alpha value is -9.50. The van der Waals surface area contributed by atoms with E-state index in [1.807, 2.05) is 0 Å². The minimum absolute atomic E-state index is 1.06. The Balaban J connectivity index is 0.989. The molecule has 0 aliphatic carbocycles. The summed E-state index contributed by atoms with van der Waals surface area (Å²) in [6.45, 7) is 0. The van der Waals surface area contributed by atoms with Crippen LogP contribution in [-0.4, -0.2) is 4.57 Å². The first-order chi connectivity index (χ1) is 35.7. The lowest BCUT2D eigenvalue weighted by Crippen LogP contribution is -2.10. The number of rotatable bonds is 10. The Bertz CT molecular complexity index is 4090. The first kappa shape index (κ1) is 42.6. The van der Waals surface area contributed by atoms with Gasteiger partial charge in [0.2, 0.25) is 0 Å². The van der Waals surface area contributed by atoms with E-state index in [-0.39, 0.29) is 0 Å². The number of fused-ring (bicyclic) bond motifs is 4. The van der Waals surface area contributed by atoms with Crippen molar-refractivity contribution in [2.45, 2.75) is 0 Å². The zero-order valence-corrected chi connectivity index (χ0v) is 39.6. The SMILES string of the molecule is c1ccc(-c2ccccc2-c2c(-c3ccccc3)cccc2-c2cccc(N(c3cccc(-c4ccc5ccccc5c4)c3)c3cccc(-c4ccc5c(c4)c4ccccc4n5-c4ccccc4)c3)c2)cc1. The molecule has 0 radical (unpaired) electrons.